The van der Waals surface area contributed by atoms with Crippen molar-refractivity contribution in [2.45, 2.75) is 52.0 Å². The summed E-state index contributed by atoms with van der Waals surface area (Å²) in [6, 6.07) is 0.521. The average Bonchev–Trinajstić information content (AvgIpc) is 2.98. The lowest BCUT2D eigenvalue weighted by atomic mass is 10.2. The highest BCUT2D eigenvalue weighted by Crippen LogP contribution is 2.16. The van der Waals surface area contributed by atoms with Gasteiger partial charge in [-0.2, -0.15) is 16.7 Å². The van der Waals surface area contributed by atoms with Gasteiger partial charge in [0.15, 0.2) is 11.8 Å². The van der Waals surface area contributed by atoms with Crippen LogP contribution in [0, 0.1) is 0 Å². The molecule has 2 heterocycles. The van der Waals surface area contributed by atoms with E-state index in [1.165, 1.54) is 18.6 Å². The lowest BCUT2D eigenvalue weighted by molar-refractivity contribution is 0.372. The molecule has 124 valence electrons. The minimum atomic E-state index is 0.295. The largest absolute Gasteiger partial charge is 0.357 e. The lowest BCUT2D eigenvalue weighted by Crippen LogP contribution is -2.45. The van der Waals surface area contributed by atoms with Crippen molar-refractivity contribution in [3.8, 4) is 0 Å². The smallest absolute Gasteiger partial charge is 0.228 e. The van der Waals surface area contributed by atoms with Crippen LogP contribution in [0.15, 0.2) is 9.52 Å². The molecule has 1 fully saturated rings. The second-order valence-corrected chi connectivity index (χ2v) is 6.92. The van der Waals surface area contributed by atoms with Gasteiger partial charge in [0.05, 0.1) is 6.54 Å². The highest BCUT2D eigenvalue weighted by Gasteiger charge is 2.15. The molecule has 0 bridgehead atoms. The van der Waals surface area contributed by atoms with E-state index in [1.54, 1.807) is 0 Å². The van der Waals surface area contributed by atoms with Crippen LogP contribution in [0.5, 0.6) is 0 Å². The quantitative estimate of drug-likeness (QED) is 0.617. The maximum absolute atomic E-state index is 5.24. The molecular formula is C15H27N5OS. The van der Waals surface area contributed by atoms with Crippen molar-refractivity contribution in [2.75, 3.05) is 24.6 Å². The molecule has 1 aromatic rings. The van der Waals surface area contributed by atoms with Crippen LogP contribution >= 0.6 is 11.8 Å². The number of aliphatic imine (C=N–C) groups is 1. The first-order valence-corrected chi connectivity index (χ1v) is 9.29. The number of rotatable bonds is 6. The molecule has 7 heteroatoms. The van der Waals surface area contributed by atoms with E-state index >= 15 is 0 Å². The van der Waals surface area contributed by atoms with Crippen LogP contribution in [-0.4, -0.2) is 46.7 Å². The summed E-state index contributed by atoms with van der Waals surface area (Å²) in [5.74, 6) is 5.05. The summed E-state index contributed by atoms with van der Waals surface area (Å²) >= 11 is 2.01. The van der Waals surface area contributed by atoms with Crippen molar-refractivity contribution in [2.24, 2.45) is 4.99 Å². The fourth-order valence-electron chi connectivity index (χ4n) is 2.24. The molecule has 0 spiro atoms. The van der Waals surface area contributed by atoms with Crippen LogP contribution in [-0.2, 0) is 6.42 Å². The molecule has 22 heavy (non-hydrogen) atoms. The topological polar surface area (TPSA) is 75.3 Å². The highest BCUT2D eigenvalue weighted by molar-refractivity contribution is 7.99. The van der Waals surface area contributed by atoms with Gasteiger partial charge in [0.2, 0.25) is 5.89 Å². The Hall–Kier alpha value is -1.24. The summed E-state index contributed by atoms with van der Waals surface area (Å²) in [4.78, 5) is 8.99. The molecule has 0 saturated carbocycles. The molecule has 1 unspecified atom stereocenters. The fourth-order valence-corrected chi connectivity index (χ4v) is 3.31. The van der Waals surface area contributed by atoms with Gasteiger partial charge in [0.1, 0.15) is 0 Å². The number of aromatic nitrogens is 2. The molecule has 6 nitrogen and oxygen atoms in total. The second kappa shape index (κ2) is 9.02. The van der Waals surface area contributed by atoms with E-state index in [9.17, 15) is 0 Å². The highest BCUT2D eigenvalue weighted by atomic mass is 32.2. The molecule has 1 saturated heterocycles. The zero-order valence-corrected chi connectivity index (χ0v) is 14.6. The summed E-state index contributed by atoms with van der Waals surface area (Å²) in [7, 11) is 0. The molecular weight excluding hydrogens is 298 g/mol. The van der Waals surface area contributed by atoms with Crippen molar-refractivity contribution in [3.05, 3.63) is 11.7 Å². The Morgan fingerprint density at radius 1 is 1.50 bits per heavy atom. The van der Waals surface area contributed by atoms with Crippen LogP contribution < -0.4 is 10.6 Å². The number of guanidine groups is 1. The predicted molar refractivity (Wildman–Crippen MR) is 91.6 cm³/mol. The van der Waals surface area contributed by atoms with Gasteiger partial charge < -0.3 is 15.2 Å². The molecule has 0 radical (unpaired) electrons. The molecule has 1 aliphatic rings. The Labute approximate surface area is 136 Å². The van der Waals surface area contributed by atoms with Gasteiger partial charge in [-0.3, -0.25) is 4.99 Å². The third kappa shape index (κ3) is 5.51. The van der Waals surface area contributed by atoms with Gasteiger partial charge in [0, 0.05) is 30.7 Å². The molecule has 1 aromatic heterocycles. The Kier molecular flexibility index (Phi) is 7.02. The van der Waals surface area contributed by atoms with E-state index in [0.717, 1.165) is 24.1 Å². The standard InChI is InChI=1S/C15H27N5OS/c1-4-16-15(18-12-6-5-9-22-10-12)17-8-7-13-19-14(11(2)3)20-21-13/h11-12H,4-10H2,1-3H3,(H2,16,17,18). The SMILES string of the molecule is CCNC(=NCCc1nc(C(C)C)no1)NC1CCCSC1. The average molecular weight is 325 g/mol. The minimum absolute atomic E-state index is 0.295. The van der Waals surface area contributed by atoms with Crippen molar-refractivity contribution in [1.29, 1.82) is 0 Å². The first-order valence-electron chi connectivity index (χ1n) is 8.14. The molecule has 2 rings (SSSR count). The van der Waals surface area contributed by atoms with Crippen LogP contribution in [0.4, 0.5) is 0 Å². The number of hydrogen-bond donors (Lipinski definition) is 2. The number of hydrogen-bond acceptors (Lipinski definition) is 5. The summed E-state index contributed by atoms with van der Waals surface area (Å²) < 4.78 is 5.24. The van der Waals surface area contributed by atoms with Crippen LogP contribution in [0.25, 0.3) is 0 Å². The normalized spacial score (nSPS) is 19.5. The van der Waals surface area contributed by atoms with E-state index in [2.05, 4.69) is 46.5 Å². The zero-order chi connectivity index (χ0) is 15.8. The van der Waals surface area contributed by atoms with Gasteiger partial charge in [-0.15, -0.1) is 0 Å². The Morgan fingerprint density at radius 2 is 2.36 bits per heavy atom. The van der Waals surface area contributed by atoms with Gasteiger partial charge in [-0.25, -0.2) is 0 Å². The summed E-state index contributed by atoms with van der Waals surface area (Å²) in [5.41, 5.74) is 0. The lowest BCUT2D eigenvalue weighted by Gasteiger charge is -2.24. The van der Waals surface area contributed by atoms with Crippen LogP contribution in [0.2, 0.25) is 0 Å². The Bertz CT molecular complexity index is 468. The molecule has 0 aromatic carbocycles. The van der Waals surface area contributed by atoms with Crippen molar-refractivity contribution in [3.63, 3.8) is 0 Å². The Morgan fingerprint density at radius 3 is 3.00 bits per heavy atom. The van der Waals surface area contributed by atoms with E-state index in [4.69, 9.17) is 4.52 Å². The number of nitrogens with zero attached hydrogens (tertiary/aromatic N) is 3. The third-order valence-corrected chi connectivity index (χ3v) is 4.66. The van der Waals surface area contributed by atoms with E-state index in [1.807, 2.05) is 11.8 Å². The number of thioether (sulfide) groups is 1. The van der Waals surface area contributed by atoms with Crippen molar-refractivity contribution < 1.29 is 4.52 Å². The fraction of sp³-hybridized carbons (Fsp3) is 0.800. The summed E-state index contributed by atoms with van der Waals surface area (Å²) in [6.07, 6.45) is 3.18. The van der Waals surface area contributed by atoms with Gasteiger partial charge in [-0.1, -0.05) is 19.0 Å². The van der Waals surface area contributed by atoms with Crippen LogP contribution in [0.1, 0.15) is 51.2 Å². The molecule has 2 N–H and O–H groups in total. The first-order chi connectivity index (χ1) is 10.7. The van der Waals surface area contributed by atoms with E-state index in [-0.39, 0.29) is 0 Å². The minimum Gasteiger partial charge on any atom is -0.357 e. The van der Waals surface area contributed by atoms with Gasteiger partial charge in [0.25, 0.3) is 0 Å². The molecule has 0 amide bonds. The van der Waals surface area contributed by atoms with Crippen molar-refractivity contribution >= 4 is 17.7 Å². The van der Waals surface area contributed by atoms with E-state index in [0.29, 0.717) is 30.8 Å². The second-order valence-electron chi connectivity index (χ2n) is 5.77. The van der Waals surface area contributed by atoms with Crippen molar-refractivity contribution in [1.82, 2.24) is 20.8 Å². The monoisotopic (exact) mass is 325 g/mol. The Balaban J connectivity index is 1.83. The summed E-state index contributed by atoms with van der Waals surface area (Å²) in [6.45, 7) is 7.71. The third-order valence-electron chi connectivity index (χ3n) is 3.44. The van der Waals surface area contributed by atoms with E-state index < -0.39 is 0 Å². The number of nitrogens with one attached hydrogen (secondary N) is 2. The zero-order valence-electron chi connectivity index (χ0n) is 13.8. The maximum Gasteiger partial charge on any atom is 0.228 e. The predicted octanol–water partition coefficient (Wildman–Crippen LogP) is 2.19. The molecule has 0 aliphatic carbocycles. The van der Waals surface area contributed by atoms with Crippen LogP contribution in [0.3, 0.4) is 0 Å². The maximum atomic E-state index is 5.24. The molecule has 1 aliphatic heterocycles. The van der Waals surface area contributed by atoms with Gasteiger partial charge in [-0.05, 0) is 25.5 Å². The molecule has 1 atom stereocenters. The van der Waals surface area contributed by atoms with Gasteiger partial charge >= 0.3 is 0 Å². The summed E-state index contributed by atoms with van der Waals surface area (Å²) in [5, 5.41) is 10.8. The first kappa shape index (κ1) is 17.1.